The summed E-state index contributed by atoms with van der Waals surface area (Å²) in [5.41, 5.74) is 6.07. The first-order chi connectivity index (χ1) is 7.65. The normalized spacial score (nSPS) is 10.2. The van der Waals surface area contributed by atoms with Crippen LogP contribution in [0.3, 0.4) is 0 Å². The number of aryl methyl sites for hydroxylation is 1. The van der Waals surface area contributed by atoms with Gasteiger partial charge in [0.2, 0.25) is 5.91 Å². The predicted octanol–water partition coefficient (Wildman–Crippen LogP) is 1.05. The van der Waals surface area contributed by atoms with Crippen LogP contribution in [0.25, 0.3) is 0 Å². The molecule has 0 aliphatic heterocycles. The van der Waals surface area contributed by atoms with Gasteiger partial charge in [0.05, 0.1) is 12.3 Å². The number of hydrogen-bond acceptors (Lipinski definition) is 3. The van der Waals surface area contributed by atoms with Gasteiger partial charge in [0.15, 0.2) is 0 Å². The van der Waals surface area contributed by atoms with Gasteiger partial charge < -0.3 is 15.8 Å². The number of anilines is 1. The van der Waals surface area contributed by atoms with Crippen molar-refractivity contribution in [1.82, 2.24) is 0 Å². The fourth-order valence-corrected chi connectivity index (χ4v) is 1.21. The van der Waals surface area contributed by atoms with E-state index < -0.39 is 5.82 Å². The van der Waals surface area contributed by atoms with Crippen LogP contribution in [0.1, 0.15) is 5.56 Å². The highest BCUT2D eigenvalue weighted by molar-refractivity contribution is 5.92. The maximum Gasteiger partial charge on any atom is 0.250 e. The zero-order valence-corrected chi connectivity index (χ0v) is 9.13. The average molecular weight is 226 g/mol. The Morgan fingerprint density at radius 1 is 1.56 bits per heavy atom. The Morgan fingerprint density at radius 3 is 2.94 bits per heavy atom. The fraction of sp³-hybridized carbons (Fsp3) is 0.364. The molecule has 1 aromatic rings. The molecule has 0 aliphatic carbocycles. The smallest absolute Gasteiger partial charge is 0.250 e. The first-order valence-corrected chi connectivity index (χ1v) is 4.98. The molecule has 0 radical (unpaired) electrons. The van der Waals surface area contributed by atoms with Crippen molar-refractivity contribution in [2.45, 2.75) is 6.92 Å². The van der Waals surface area contributed by atoms with Gasteiger partial charge in [0.1, 0.15) is 12.4 Å². The molecule has 0 saturated carbocycles. The summed E-state index contributed by atoms with van der Waals surface area (Å²) < 4.78 is 18.3. The minimum absolute atomic E-state index is 0.120. The molecule has 4 nitrogen and oxygen atoms in total. The van der Waals surface area contributed by atoms with Crippen molar-refractivity contribution in [3.05, 3.63) is 29.6 Å². The number of rotatable bonds is 5. The molecule has 1 amide bonds. The van der Waals surface area contributed by atoms with Gasteiger partial charge in [-0.1, -0.05) is 12.1 Å². The van der Waals surface area contributed by atoms with E-state index in [0.29, 0.717) is 18.7 Å². The Kier molecular flexibility index (Phi) is 4.88. The van der Waals surface area contributed by atoms with Crippen LogP contribution in [-0.2, 0) is 9.53 Å². The van der Waals surface area contributed by atoms with E-state index in [9.17, 15) is 9.18 Å². The molecule has 0 heterocycles. The number of benzene rings is 1. The van der Waals surface area contributed by atoms with Crippen molar-refractivity contribution < 1.29 is 13.9 Å². The maximum atomic E-state index is 13.3. The minimum Gasteiger partial charge on any atom is -0.370 e. The Morgan fingerprint density at radius 2 is 2.31 bits per heavy atom. The van der Waals surface area contributed by atoms with Crippen LogP contribution >= 0.6 is 0 Å². The fourth-order valence-electron chi connectivity index (χ4n) is 1.21. The van der Waals surface area contributed by atoms with E-state index in [0.717, 1.165) is 0 Å². The van der Waals surface area contributed by atoms with E-state index in [4.69, 9.17) is 10.5 Å². The summed E-state index contributed by atoms with van der Waals surface area (Å²) in [6, 6.07) is 4.61. The third-order valence-corrected chi connectivity index (χ3v) is 1.98. The first kappa shape index (κ1) is 12.6. The number of carbonyl (C=O) groups excluding carboxylic acids is 1. The number of halogens is 1. The van der Waals surface area contributed by atoms with E-state index in [1.165, 1.54) is 6.07 Å². The number of hydrogen-bond donors (Lipinski definition) is 2. The van der Waals surface area contributed by atoms with Crippen LogP contribution in [0.4, 0.5) is 10.1 Å². The minimum atomic E-state index is -0.452. The number of para-hydroxylation sites is 1. The topological polar surface area (TPSA) is 64.3 Å². The molecule has 88 valence electrons. The van der Waals surface area contributed by atoms with Gasteiger partial charge in [0.25, 0.3) is 0 Å². The summed E-state index contributed by atoms with van der Waals surface area (Å²) in [5, 5.41) is 2.46. The number of nitrogens with one attached hydrogen (secondary N) is 1. The first-order valence-electron chi connectivity index (χ1n) is 4.98. The van der Waals surface area contributed by atoms with E-state index >= 15 is 0 Å². The monoisotopic (exact) mass is 226 g/mol. The molecule has 3 N–H and O–H groups in total. The molecule has 0 atom stereocenters. The van der Waals surface area contributed by atoms with Crippen LogP contribution in [0, 0.1) is 12.7 Å². The molecular formula is C11H15FN2O2. The second-order valence-corrected chi connectivity index (χ2v) is 3.32. The second kappa shape index (κ2) is 6.19. The number of nitrogens with two attached hydrogens (primary N) is 1. The Labute approximate surface area is 93.6 Å². The predicted molar refractivity (Wildman–Crippen MR) is 59.6 cm³/mol. The molecule has 0 spiro atoms. The summed E-state index contributed by atoms with van der Waals surface area (Å²) in [6.45, 7) is 2.26. The van der Waals surface area contributed by atoms with Gasteiger partial charge in [-0.2, -0.15) is 0 Å². The van der Waals surface area contributed by atoms with Gasteiger partial charge in [0, 0.05) is 6.54 Å². The van der Waals surface area contributed by atoms with Crippen molar-refractivity contribution in [1.29, 1.82) is 0 Å². The summed E-state index contributed by atoms with van der Waals surface area (Å²) in [6.07, 6.45) is 0. The van der Waals surface area contributed by atoms with Crippen molar-refractivity contribution in [3.8, 4) is 0 Å². The quantitative estimate of drug-likeness (QED) is 0.737. The highest BCUT2D eigenvalue weighted by atomic mass is 19.1. The summed E-state index contributed by atoms with van der Waals surface area (Å²) in [7, 11) is 0. The second-order valence-electron chi connectivity index (χ2n) is 3.32. The van der Waals surface area contributed by atoms with E-state index in [2.05, 4.69) is 5.32 Å². The summed E-state index contributed by atoms with van der Waals surface area (Å²) >= 11 is 0. The highest BCUT2D eigenvalue weighted by Gasteiger charge is 2.08. The Bertz CT molecular complexity index is 349. The lowest BCUT2D eigenvalue weighted by Crippen LogP contribution is -2.21. The lowest BCUT2D eigenvalue weighted by Gasteiger charge is -2.09. The largest absolute Gasteiger partial charge is 0.370 e. The lowest BCUT2D eigenvalue weighted by molar-refractivity contribution is -0.120. The lowest BCUT2D eigenvalue weighted by atomic mass is 10.2. The molecular weight excluding hydrogens is 211 g/mol. The third kappa shape index (κ3) is 3.60. The molecule has 16 heavy (non-hydrogen) atoms. The van der Waals surface area contributed by atoms with Crippen molar-refractivity contribution in [2.24, 2.45) is 5.73 Å². The molecule has 0 bridgehead atoms. The van der Waals surface area contributed by atoms with E-state index in [1.807, 2.05) is 0 Å². The summed E-state index contributed by atoms with van der Waals surface area (Å²) in [5.74, 6) is -0.839. The highest BCUT2D eigenvalue weighted by Crippen LogP contribution is 2.18. The zero-order valence-electron chi connectivity index (χ0n) is 9.13. The third-order valence-electron chi connectivity index (χ3n) is 1.98. The van der Waals surface area contributed by atoms with Crippen LogP contribution in [-0.4, -0.2) is 25.7 Å². The molecule has 0 unspecified atom stereocenters. The molecule has 1 rings (SSSR count). The SMILES string of the molecule is Cc1cccc(F)c1NC(=O)COCCN. The number of ether oxygens (including phenoxy) is 1. The van der Waals surface area contributed by atoms with Crippen LogP contribution < -0.4 is 11.1 Å². The average Bonchev–Trinajstić information content (AvgIpc) is 2.24. The molecule has 1 aromatic carbocycles. The van der Waals surface area contributed by atoms with Gasteiger partial charge in [-0.25, -0.2) is 4.39 Å². The maximum absolute atomic E-state index is 13.3. The van der Waals surface area contributed by atoms with E-state index in [1.54, 1.807) is 19.1 Å². The van der Waals surface area contributed by atoms with Crippen molar-refractivity contribution in [2.75, 3.05) is 25.1 Å². The summed E-state index contributed by atoms with van der Waals surface area (Å²) in [4.78, 5) is 11.3. The van der Waals surface area contributed by atoms with E-state index in [-0.39, 0.29) is 18.2 Å². The standard InChI is InChI=1S/C11H15FN2O2/c1-8-3-2-4-9(12)11(8)14-10(15)7-16-6-5-13/h2-4H,5-7,13H2,1H3,(H,14,15). The van der Waals surface area contributed by atoms with Gasteiger partial charge in [-0.15, -0.1) is 0 Å². The van der Waals surface area contributed by atoms with Crippen molar-refractivity contribution in [3.63, 3.8) is 0 Å². The Balaban J connectivity index is 2.56. The zero-order chi connectivity index (χ0) is 12.0. The van der Waals surface area contributed by atoms with Crippen LogP contribution in [0.2, 0.25) is 0 Å². The molecule has 0 fully saturated rings. The molecule has 0 aliphatic rings. The van der Waals surface area contributed by atoms with Crippen LogP contribution in [0.15, 0.2) is 18.2 Å². The van der Waals surface area contributed by atoms with Gasteiger partial charge in [-0.05, 0) is 18.6 Å². The molecule has 0 aromatic heterocycles. The van der Waals surface area contributed by atoms with Gasteiger partial charge >= 0.3 is 0 Å². The Hall–Kier alpha value is -1.46. The van der Waals surface area contributed by atoms with Gasteiger partial charge in [-0.3, -0.25) is 4.79 Å². The number of carbonyl (C=O) groups is 1. The van der Waals surface area contributed by atoms with Crippen LogP contribution in [0.5, 0.6) is 0 Å². The van der Waals surface area contributed by atoms with Crippen molar-refractivity contribution >= 4 is 11.6 Å². The molecule has 5 heteroatoms. The number of amides is 1. The molecule has 0 saturated heterocycles.